The van der Waals surface area contributed by atoms with Crippen LogP contribution in [0.25, 0.3) is 22.2 Å². The number of piperidine rings is 1. The normalized spacial score (nSPS) is 15.0. The number of methoxy groups -OCH3 is 1. The lowest BCUT2D eigenvalue weighted by atomic mass is 9.89. The number of pyridine rings is 1. The van der Waals surface area contributed by atoms with Gasteiger partial charge in [-0.1, -0.05) is 30.3 Å². The first-order valence-corrected chi connectivity index (χ1v) is 15.2. The number of hydrogen-bond acceptors (Lipinski definition) is 8. The van der Waals surface area contributed by atoms with Crippen molar-refractivity contribution in [3.63, 3.8) is 0 Å². The number of likely N-dealkylation sites (tertiary alicyclic amines) is 1. The Bertz CT molecular complexity index is 1660. The summed E-state index contributed by atoms with van der Waals surface area (Å²) in [7, 11) is -0.0379. The molecule has 210 valence electrons. The fraction of sp³-hybridized carbons (Fsp3) is 0.367. The van der Waals surface area contributed by atoms with Crippen LogP contribution in [0, 0.1) is 0 Å². The van der Waals surface area contributed by atoms with Crippen LogP contribution in [-0.4, -0.2) is 67.5 Å². The summed E-state index contributed by atoms with van der Waals surface area (Å²) in [5.74, 6) is 0.791. The summed E-state index contributed by atoms with van der Waals surface area (Å²) in [4.78, 5) is 25.3. The Kier molecular flexibility index (Phi) is 8.30. The van der Waals surface area contributed by atoms with Gasteiger partial charge in [0.2, 0.25) is 5.95 Å². The number of aryl methyl sites for hydroxylation is 1. The monoisotopic (exact) mass is 561 g/mol. The van der Waals surface area contributed by atoms with Crippen LogP contribution in [0.4, 0.5) is 11.6 Å². The van der Waals surface area contributed by atoms with Crippen LogP contribution in [0.2, 0.25) is 0 Å². The highest BCUT2D eigenvalue weighted by Gasteiger charge is 2.22. The van der Waals surface area contributed by atoms with E-state index < -0.39 is 9.84 Å². The molecule has 0 spiro atoms. The van der Waals surface area contributed by atoms with Crippen molar-refractivity contribution >= 4 is 32.5 Å². The molecule has 3 heterocycles. The molecule has 1 aliphatic rings. The molecular weight excluding hydrogens is 526 g/mol. The number of fused-ring (bicyclic) bond motifs is 1. The summed E-state index contributed by atoms with van der Waals surface area (Å²) in [6, 6.07) is 16.6. The van der Waals surface area contributed by atoms with Crippen molar-refractivity contribution in [3.05, 3.63) is 76.7 Å². The zero-order valence-corrected chi connectivity index (χ0v) is 23.9. The lowest BCUT2D eigenvalue weighted by Gasteiger charge is -2.29. The molecule has 4 aromatic rings. The fourth-order valence-electron chi connectivity index (χ4n) is 5.28. The molecule has 5 rings (SSSR count). The van der Waals surface area contributed by atoms with Crippen LogP contribution >= 0.6 is 0 Å². The predicted molar refractivity (Wildman–Crippen MR) is 158 cm³/mol. The average molecular weight is 562 g/mol. The van der Waals surface area contributed by atoms with Gasteiger partial charge in [-0.15, -0.1) is 0 Å². The first kappa shape index (κ1) is 27.9. The number of nitrogens with zero attached hydrogens (tertiary/aromatic N) is 4. The first-order valence-electron chi connectivity index (χ1n) is 13.6. The highest BCUT2D eigenvalue weighted by Crippen LogP contribution is 2.30. The van der Waals surface area contributed by atoms with E-state index in [1.54, 1.807) is 35.0 Å². The molecule has 0 amide bonds. The maximum absolute atomic E-state index is 13.6. The van der Waals surface area contributed by atoms with Gasteiger partial charge in [0.1, 0.15) is 5.65 Å². The van der Waals surface area contributed by atoms with E-state index in [9.17, 15) is 13.2 Å². The smallest absolute Gasteiger partial charge is 0.260 e. The van der Waals surface area contributed by atoms with Crippen molar-refractivity contribution in [2.24, 2.45) is 0 Å². The van der Waals surface area contributed by atoms with Crippen LogP contribution in [0.1, 0.15) is 31.2 Å². The largest absolute Gasteiger partial charge is 0.384 e. The Hall–Kier alpha value is -3.60. The van der Waals surface area contributed by atoms with E-state index in [-0.39, 0.29) is 22.8 Å². The van der Waals surface area contributed by atoms with Crippen molar-refractivity contribution in [1.29, 1.82) is 0 Å². The van der Waals surface area contributed by atoms with Crippen molar-refractivity contribution in [3.8, 4) is 11.1 Å². The number of benzene rings is 2. The second-order valence-corrected chi connectivity index (χ2v) is 12.3. The molecule has 1 fully saturated rings. The minimum Gasteiger partial charge on any atom is -0.384 e. The van der Waals surface area contributed by atoms with E-state index in [1.807, 2.05) is 19.1 Å². The molecule has 2 aromatic carbocycles. The summed E-state index contributed by atoms with van der Waals surface area (Å²) in [6.45, 7) is 4.53. The summed E-state index contributed by atoms with van der Waals surface area (Å²) in [5, 5.41) is 3.90. The van der Waals surface area contributed by atoms with E-state index in [4.69, 9.17) is 4.74 Å². The third kappa shape index (κ3) is 5.79. The Morgan fingerprint density at radius 3 is 2.48 bits per heavy atom. The zero-order chi connectivity index (χ0) is 28.3. The predicted octanol–water partition coefficient (Wildman–Crippen LogP) is 4.45. The van der Waals surface area contributed by atoms with E-state index >= 15 is 0 Å². The maximum atomic E-state index is 13.6. The number of rotatable bonds is 9. The molecule has 0 radical (unpaired) electrons. The number of aromatic nitrogens is 3. The third-order valence-electron chi connectivity index (χ3n) is 7.57. The van der Waals surface area contributed by atoms with Gasteiger partial charge in [-0.05, 0) is 75.6 Å². The summed E-state index contributed by atoms with van der Waals surface area (Å²) < 4.78 is 32.6. The van der Waals surface area contributed by atoms with Gasteiger partial charge in [0.15, 0.2) is 9.84 Å². The SMILES string of the molecule is CCn1c(=O)c(-c2ccccc2S(=O)(=O)CCOC)cc2cnc(Nc3ccc(C4CCN(C)CC4)cc3)nc21. The molecule has 2 aromatic heterocycles. The number of ether oxygens (including phenoxy) is 1. The topological polar surface area (TPSA) is 106 Å². The zero-order valence-electron chi connectivity index (χ0n) is 23.1. The summed E-state index contributed by atoms with van der Waals surface area (Å²) in [6.07, 6.45) is 3.99. The lowest BCUT2D eigenvalue weighted by Crippen LogP contribution is -2.29. The van der Waals surface area contributed by atoms with Gasteiger partial charge in [-0.25, -0.2) is 13.4 Å². The van der Waals surface area contributed by atoms with Gasteiger partial charge in [-0.2, -0.15) is 4.98 Å². The number of hydrogen-bond donors (Lipinski definition) is 1. The minimum atomic E-state index is -3.66. The summed E-state index contributed by atoms with van der Waals surface area (Å²) >= 11 is 0. The standard InChI is InChI=1S/C30H35N5O4S/c1-4-35-28-23(19-26(29(35)36)25-7-5-6-8-27(25)40(37,38)18-17-39-3)20-31-30(33-28)32-24-11-9-21(10-12-24)22-13-15-34(2)16-14-22/h5-12,19-20,22H,4,13-18H2,1-3H3,(H,31,32,33). The van der Waals surface area contributed by atoms with Crippen LogP contribution in [0.3, 0.4) is 0 Å². The molecule has 0 aliphatic carbocycles. The van der Waals surface area contributed by atoms with Crippen molar-refractivity contribution in [2.75, 3.05) is 44.9 Å². The molecule has 0 bridgehead atoms. The van der Waals surface area contributed by atoms with Crippen molar-refractivity contribution < 1.29 is 13.2 Å². The molecule has 1 aliphatic heterocycles. The molecule has 0 atom stereocenters. The van der Waals surface area contributed by atoms with Crippen molar-refractivity contribution in [2.45, 2.75) is 37.1 Å². The van der Waals surface area contributed by atoms with E-state index in [2.05, 4.69) is 39.4 Å². The number of sulfone groups is 1. The Morgan fingerprint density at radius 2 is 1.77 bits per heavy atom. The second-order valence-electron chi connectivity index (χ2n) is 10.2. The number of nitrogens with one attached hydrogen (secondary N) is 1. The van der Waals surface area contributed by atoms with E-state index in [0.717, 1.165) is 31.6 Å². The van der Waals surface area contributed by atoms with Crippen LogP contribution < -0.4 is 10.9 Å². The Morgan fingerprint density at radius 1 is 1.05 bits per heavy atom. The van der Waals surface area contributed by atoms with Crippen molar-refractivity contribution in [1.82, 2.24) is 19.4 Å². The summed E-state index contributed by atoms with van der Waals surface area (Å²) in [5.41, 5.74) is 3.04. The van der Waals surface area contributed by atoms with Gasteiger partial charge in [0, 0.05) is 42.1 Å². The highest BCUT2D eigenvalue weighted by molar-refractivity contribution is 7.91. The molecule has 10 heteroatoms. The third-order valence-corrected chi connectivity index (χ3v) is 9.30. The van der Waals surface area contributed by atoms with Gasteiger partial charge < -0.3 is 15.0 Å². The average Bonchev–Trinajstić information content (AvgIpc) is 2.97. The molecule has 1 saturated heterocycles. The van der Waals surface area contributed by atoms with E-state index in [0.29, 0.717) is 40.6 Å². The maximum Gasteiger partial charge on any atom is 0.260 e. The second kappa shape index (κ2) is 11.9. The van der Waals surface area contributed by atoms with Gasteiger partial charge in [-0.3, -0.25) is 9.36 Å². The van der Waals surface area contributed by atoms with Crippen LogP contribution in [0.5, 0.6) is 0 Å². The molecule has 40 heavy (non-hydrogen) atoms. The Labute approximate surface area is 234 Å². The Balaban J connectivity index is 1.46. The minimum absolute atomic E-state index is 0.0676. The fourth-order valence-corrected chi connectivity index (χ4v) is 6.68. The first-order chi connectivity index (χ1) is 19.3. The van der Waals surface area contributed by atoms with Gasteiger partial charge in [0.25, 0.3) is 5.56 Å². The lowest BCUT2D eigenvalue weighted by molar-refractivity contribution is 0.217. The quantitative estimate of drug-likeness (QED) is 0.320. The molecule has 1 N–H and O–H groups in total. The van der Waals surface area contributed by atoms with E-state index in [1.165, 1.54) is 18.7 Å². The van der Waals surface area contributed by atoms with Gasteiger partial charge in [0.05, 0.1) is 17.3 Å². The van der Waals surface area contributed by atoms with Crippen LogP contribution in [-0.2, 0) is 21.1 Å². The molecule has 9 nitrogen and oxygen atoms in total. The molecular formula is C30H35N5O4S. The molecule has 0 unspecified atom stereocenters. The van der Waals surface area contributed by atoms with Crippen LogP contribution in [0.15, 0.2) is 70.5 Å². The van der Waals surface area contributed by atoms with Gasteiger partial charge >= 0.3 is 0 Å². The molecule has 0 saturated carbocycles. The number of anilines is 2. The highest BCUT2D eigenvalue weighted by atomic mass is 32.2.